The van der Waals surface area contributed by atoms with Crippen LogP contribution in [0.1, 0.15) is 15.9 Å². The smallest absolute Gasteiger partial charge is 0.253 e. The first-order chi connectivity index (χ1) is 5.83. The van der Waals surface area contributed by atoms with E-state index in [2.05, 4.69) is 10.6 Å². The second-order valence-corrected chi connectivity index (χ2v) is 2.77. The van der Waals surface area contributed by atoms with Crippen LogP contribution in [-0.4, -0.2) is 13.0 Å². The first kappa shape index (κ1) is 7.16. The van der Waals surface area contributed by atoms with Gasteiger partial charge < -0.3 is 10.6 Å². The number of amides is 1. The summed E-state index contributed by atoms with van der Waals surface area (Å²) in [6.45, 7) is 0.656. The summed E-state index contributed by atoms with van der Waals surface area (Å²) in [4.78, 5) is 11.3. The van der Waals surface area contributed by atoms with Crippen molar-refractivity contribution in [2.75, 3.05) is 12.4 Å². The monoisotopic (exact) mass is 162 g/mol. The molecule has 0 fully saturated rings. The van der Waals surface area contributed by atoms with E-state index in [1.807, 2.05) is 25.2 Å². The van der Waals surface area contributed by atoms with E-state index in [1.165, 1.54) is 0 Å². The van der Waals surface area contributed by atoms with Crippen LogP contribution >= 0.6 is 0 Å². The third-order valence-corrected chi connectivity index (χ3v) is 2.09. The molecule has 3 nitrogen and oxygen atoms in total. The van der Waals surface area contributed by atoms with Crippen molar-refractivity contribution in [3.8, 4) is 0 Å². The topological polar surface area (TPSA) is 41.1 Å². The fourth-order valence-electron chi connectivity index (χ4n) is 1.49. The lowest BCUT2D eigenvalue weighted by Gasteiger charge is -2.03. The van der Waals surface area contributed by atoms with E-state index in [4.69, 9.17) is 0 Å². The summed E-state index contributed by atoms with van der Waals surface area (Å²) < 4.78 is 0. The van der Waals surface area contributed by atoms with Gasteiger partial charge in [-0.3, -0.25) is 4.79 Å². The zero-order chi connectivity index (χ0) is 8.55. The molecular weight excluding hydrogens is 152 g/mol. The van der Waals surface area contributed by atoms with E-state index in [-0.39, 0.29) is 5.91 Å². The summed E-state index contributed by atoms with van der Waals surface area (Å²) in [7, 11) is 1.82. The van der Waals surface area contributed by atoms with Crippen LogP contribution in [0.5, 0.6) is 0 Å². The average molecular weight is 162 g/mol. The van der Waals surface area contributed by atoms with Gasteiger partial charge in [0.05, 0.1) is 5.56 Å². The molecule has 62 valence electrons. The largest absolute Gasteiger partial charge is 0.387 e. The lowest BCUT2D eigenvalue weighted by Crippen LogP contribution is -2.13. The molecule has 12 heavy (non-hydrogen) atoms. The van der Waals surface area contributed by atoms with Crippen molar-refractivity contribution in [3.63, 3.8) is 0 Å². The average Bonchev–Trinajstić information content (AvgIpc) is 2.48. The van der Waals surface area contributed by atoms with Gasteiger partial charge in [0.15, 0.2) is 0 Å². The Labute approximate surface area is 70.8 Å². The Bertz CT molecular complexity index is 333. The molecular formula is C9H10N2O. The molecule has 1 aliphatic rings. The molecule has 0 aliphatic carbocycles. The van der Waals surface area contributed by atoms with Gasteiger partial charge in [0.2, 0.25) is 0 Å². The maximum atomic E-state index is 11.3. The fraction of sp³-hybridized carbons (Fsp3) is 0.222. The molecule has 1 aliphatic heterocycles. The number of hydrogen-bond donors (Lipinski definition) is 2. The lowest BCUT2D eigenvalue weighted by molar-refractivity contribution is 0.0966. The molecule has 0 bridgehead atoms. The van der Waals surface area contributed by atoms with E-state index in [9.17, 15) is 4.79 Å². The minimum Gasteiger partial charge on any atom is -0.387 e. The van der Waals surface area contributed by atoms with Crippen molar-refractivity contribution < 1.29 is 4.79 Å². The van der Waals surface area contributed by atoms with Crippen molar-refractivity contribution in [2.24, 2.45) is 0 Å². The van der Waals surface area contributed by atoms with Gasteiger partial charge in [0.1, 0.15) is 0 Å². The number of hydrogen-bond acceptors (Lipinski definition) is 2. The summed E-state index contributed by atoms with van der Waals surface area (Å²) >= 11 is 0. The molecule has 1 aromatic carbocycles. The van der Waals surface area contributed by atoms with Gasteiger partial charge in [-0.05, 0) is 11.6 Å². The van der Waals surface area contributed by atoms with Gasteiger partial charge in [0.25, 0.3) is 5.91 Å². The van der Waals surface area contributed by atoms with Crippen molar-refractivity contribution in [1.29, 1.82) is 0 Å². The first-order valence-electron chi connectivity index (χ1n) is 3.91. The molecule has 0 unspecified atom stereocenters. The lowest BCUT2D eigenvalue weighted by atomic mass is 10.1. The maximum absolute atomic E-state index is 11.3. The van der Waals surface area contributed by atoms with Crippen molar-refractivity contribution in [2.45, 2.75) is 6.54 Å². The summed E-state index contributed by atoms with van der Waals surface area (Å²) in [6, 6.07) is 5.82. The molecule has 2 N–H and O–H groups in total. The molecule has 2 rings (SSSR count). The number of benzene rings is 1. The Kier molecular flexibility index (Phi) is 1.50. The van der Waals surface area contributed by atoms with Gasteiger partial charge in [-0.2, -0.15) is 0 Å². The zero-order valence-corrected chi connectivity index (χ0v) is 6.85. The predicted molar refractivity (Wildman–Crippen MR) is 47.2 cm³/mol. The van der Waals surface area contributed by atoms with Crippen molar-refractivity contribution >= 4 is 11.6 Å². The molecule has 0 spiro atoms. The highest BCUT2D eigenvalue weighted by Gasteiger charge is 2.20. The number of carbonyl (C=O) groups excluding carboxylic acids is 1. The second-order valence-electron chi connectivity index (χ2n) is 2.77. The predicted octanol–water partition coefficient (Wildman–Crippen LogP) is 0.972. The molecule has 1 amide bonds. The third kappa shape index (κ3) is 0.863. The highest BCUT2D eigenvalue weighted by Crippen LogP contribution is 2.23. The Morgan fingerprint density at radius 3 is 3.08 bits per heavy atom. The molecule has 0 atom stereocenters. The molecule has 0 saturated heterocycles. The van der Waals surface area contributed by atoms with E-state index in [0.717, 1.165) is 16.8 Å². The molecule has 1 aromatic rings. The van der Waals surface area contributed by atoms with Crippen LogP contribution < -0.4 is 10.6 Å². The van der Waals surface area contributed by atoms with E-state index >= 15 is 0 Å². The van der Waals surface area contributed by atoms with Crippen LogP contribution in [-0.2, 0) is 6.54 Å². The van der Waals surface area contributed by atoms with Crippen LogP contribution in [0.15, 0.2) is 18.2 Å². The van der Waals surface area contributed by atoms with Gasteiger partial charge in [-0.1, -0.05) is 12.1 Å². The molecule has 0 radical (unpaired) electrons. The van der Waals surface area contributed by atoms with Crippen LogP contribution in [0.25, 0.3) is 0 Å². The molecule has 0 aromatic heterocycles. The Morgan fingerprint density at radius 2 is 2.33 bits per heavy atom. The van der Waals surface area contributed by atoms with Crippen molar-refractivity contribution in [1.82, 2.24) is 5.32 Å². The first-order valence-corrected chi connectivity index (χ1v) is 3.91. The van der Waals surface area contributed by atoms with Crippen LogP contribution in [0, 0.1) is 0 Å². The maximum Gasteiger partial charge on any atom is 0.253 e. The minimum atomic E-state index is 0.0231. The van der Waals surface area contributed by atoms with Crippen molar-refractivity contribution in [3.05, 3.63) is 29.3 Å². The van der Waals surface area contributed by atoms with Crippen LogP contribution in [0.4, 0.5) is 5.69 Å². The Hall–Kier alpha value is -1.51. The summed E-state index contributed by atoms with van der Waals surface area (Å²) in [5, 5.41) is 5.78. The Balaban J connectivity index is 2.60. The van der Waals surface area contributed by atoms with E-state index in [0.29, 0.717) is 6.54 Å². The molecule has 3 heteroatoms. The zero-order valence-electron chi connectivity index (χ0n) is 6.85. The van der Waals surface area contributed by atoms with Crippen LogP contribution in [0.3, 0.4) is 0 Å². The second kappa shape index (κ2) is 2.52. The summed E-state index contributed by atoms with van der Waals surface area (Å²) in [5.74, 6) is 0.0231. The number of rotatable bonds is 1. The standard InChI is InChI=1S/C9H10N2O/c1-10-7-4-2-3-6-5-11-9(12)8(6)7/h2-4,10H,5H2,1H3,(H,11,12). The third-order valence-electron chi connectivity index (χ3n) is 2.09. The van der Waals surface area contributed by atoms with Gasteiger partial charge in [-0.25, -0.2) is 0 Å². The molecule has 0 saturated carbocycles. The summed E-state index contributed by atoms with van der Waals surface area (Å²) in [5.41, 5.74) is 2.77. The van der Waals surface area contributed by atoms with E-state index < -0.39 is 0 Å². The minimum absolute atomic E-state index is 0.0231. The number of anilines is 1. The Morgan fingerprint density at radius 1 is 1.50 bits per heavy atom. The highest BCUT2D eigenvalue weighted by atomic mass is 16.1. The summed E-state index contributed by atoms with van der Waals surface area (Å²) in [6.07, 6.45) is 0. The van der Waals surface area contributed by atoms with Crippen LogP contribution in [0.2, 0.25) is 0 Å². The van der Waals surface area contributed by atoms with E-state index in [1.54, 1.807) is 0 Å². The van der Waals surface area contributed by atoms with Gasteiger partial charge >= 0.3 is 0 Å². The normalized spacial score (nSPS) is 13.9. The number of fused-ring (bicyclic) bond motifs is 1. The highest BCUT2D eigenvalue weighted by molar-refractivity contribution is 6.03. The SMILES string of the molecule is CNc1cccc2c1C(=O)NC2. The van der Waals surface area contributed by atoms with Gasteiger partial charge in [0, 0.05) is 19.3 Å². The fourth-order valence-corrected chi connectivity index (χ4v) is 1.49. The number of nitrogens with one attached hydrogen (secondary N) is 2. The number of carbonyl (C=O) groups is 1. The molecule has 1 heterocycles. The van der Waals surface area contributed by atoms with Gasteiger partial charge in [-0.15, -0.1) is 0 Å². The quantitative estimate of drug-likeness (QED) is 0.646.